The fourth-order valence-corrected chi connectivity index (χ4v) is 1.03. The van der Waals surface area contributed by atoms with E-state index in [0.717, 1.165) is 18.8 Å². The summed E-state index contributed by atoms with van der Waals surface area (Å²) in [6.07, 6.45) is 4.46. The van der Waals surface area contributed by atoms with Crippen molar-refractivity contribution in [3.8, 4) is 0 Å². The Morgan fingerprint density at radius 3 is 3.30 bits per heavy atom. The fraction of sp³-hybridized carbons (Fsp3) is 0.333. The molecule has 0 radical (unpaired) electrons. The van der Waals surface area contributed by atoms with Gasteiger partial charge in [-0.05, 0) is 0 Å². The number of rotatable bonds is 0. The summed E-state index contributed by atoms with van der Waals surface area (Å²) in [6.45, 7) is 0.899. The van der Waals surface area contributed by atoms with Gasteiger partial charge in [0.25, 0.3) is 0 Å². The Bertz CT molecular complexity index is 273. The van der Waals surface area contributed by atoms with E-state index in [4.69, 9.17) is 5.73 Å². The third-order valence-electron chi connectivity index (χ3n) is 1.52. The summed E-state index contributed by atoms with van der Waals surface area (Å²) in [5.74, 6) is 0.797. The molecule has 4 heteroatoms. The van der Waals surface area contributed by atoms with Gasteiger partial charge in [-0.25, -0.2) is 9.67 Å². The second kappa shape index (κ2) is 1.83. The Kier molecular flexibility index (Phi) is 1.00. The standard InChI is InChI=1S/C6H8N4/c7-5-4-9-10-3-1-2-8-6(5)10/h2,4H,1,3,7H2. The lowest BCUT2D eigenvalue weighted by Gasteiger charge is -2.05. The van der Waals surface area contributed by atoms with Crippen LogP contribution in [0.4, 0.5) is 11.5 Å². The maximum Gasteiger partial charge on any atom is 0.173 e. The van der Waals surface area contributed by atoms with Crippen LogP contribution in [0.2, 0.25) is 0 Å². The van der Waals surface area contributed by atoms with E-state index < -0.39 is 0 Å². The molecule has 1 aliphatic heterocycles. The van der Waals surface area contributed by atoms with Gasteiger partial charge in [-0.15, -0.1) is 0 Å². The molecule has 0 saturated carbocycles. The Labute approximate surface area is 58.4 Å². The van der Waals surface area contributed by atoms with Gasteiger partial charge in [0.1, 0.15) is 0 Å². The summed E-state index contributed by atoms with van der Waals surface area (Å²) in [4.78, 5) is 4.10. The quantitative estimate of drug-likeness (QED) is 0.567. The van der Waals surface area contributed by atoms with E-state index in [1.165, 1.54) is 0 Å². The van der Waals surface area contributed by atoms with Crippen molar-refractivity contribution >= 4 is 17.7 Å². The van der Waals surface area contributed by atoms with Gasteiger partial charge in [0.05, 0.1) is 11.9 Å². The van der Waals surface area contributed by atoms with Crippen LogP contribution in [0.25, 0.3) is 0 Å². The molecule has 1 aliphatic rings. The van der Waals surface area contributed by atoms with Crippen molar-refractivity contribution in [2.45, 2.75) is 13.0 Å². The summed E-state index contributed by atoms with van der Waals surface area (Å²) >= 11 is 0. The monoisotopic (exact) mass is 136 g/mol. The smallest absolute Gasteiger partial charge is 0.173 e. The van der Waals surface area contributed by atoms with Crippen LogP contribution in [0.3, 0.4) is 0 Å². The van der Waals surface area contributed by atoms with Gasteiger partial charge in [-0.1, -0.05) is 0 Å². The number of nitrogen functional groups attached to an aromatic ring is 1. The van der Waals surface area contributed by atoms with E-state index in [1.54, 1.807) is 6.20 Å². The fourth-order valence-electron chi connectivity index (χ4n) is 1.03. The van der Waals surface area contributed by atoms with Crippen molar-refractivity contribution in [3.63, 3.8) is 0 Å². The highest BCUT2D eigenvalue weighted by Crippen LogP contribution is 2.22. The zero-order valence-corrected chi connectivity index (χ0v) is 5.49. The maximum atomic E-state index is 5.56. The molecule has 0 aliphatic carbocycles. The molecule has 0 aromatic carbocycles. The Balaban J connectivity index is 2.57. The van der Waals surface area contributed by atoms with Crippen molar-refractivity contribution in [3.05, 3.63) is 6.20 Å². The van der Waals surface area contributed by atoms with E-state index in [0.29, 0.717) is 5.69 Å². The van der Waals surface area contributed by atoms with E-state index in [9.17, 15) is 0 Å². The van der Waals surface area contributed by atoms with Crippen LogP contribution in [0.15, 0.2) is 11.2 Å². The second-order valence-corrected chi connectivity index (χ2v) is 2.25. The van der Waals surface area contributed by atoms with Gasteiger partial charge in [-0.3, -0.25) is 0 Å². The molecule has 0 atom stereocenters. The minimum absolute atomic E-state index is 0.663. The molecule has 4 nitrogen and oxygen atoms in total. The summed E-state index contributed by atoms with van der Waals surface area (Å²) in [7, 11) is 0. The molecule has 0 unspecified atom stereocenters. The van der Waals surface area contributed by atoms with Gasteiger partial charge in [0.15, 0.2) is 5.82 Å². The molecule has 0 saturated heterocycles. The van der Waals surface area contributed by atoms with Crippen LogP contribution in [0, 0.1) is 0 Å². The Morgan fingerprint density at radius 1 is 1.60 bits per heavy atom. The SMILES string of the molecule is Nc1cnn2c1N=CCC2. The molecule has 0 amide bonds. The maximum absolute atomic E-state index is 5.56. The lowest BCUT2D eigenvalue weighted by atomic mass is 10.4. The van der Waals surface area contributed by atoms with Crippen LogP contribution < -0.4 is 5.73 Å². The van der Waals surface area contributed by atoms with Crippen LogP contribution in [-0.2, 0) is 6.54 Å². The summed E-state index contributed by atoms with van der Waals surface area (Å²) < 4.78 is 1.81. The Morgan fingerprint density at radius 2 is 2.50 bits per heavy atom. The van der Waals surface area contributed by atoms with Gasteiger partial charge in [-0.2, -0.15) is 5.10 Å². The van der Waals surface area contributed by atoms with Crippen molar-refractivity contribution in [1.29, 1.82) is 0 Å². The van der Waals surface area contributed by atoms with Crippen LogP contribution in [-0.4, -0.2) is 16.0 Å². The number of aliphatic imine (C=N–C) groups is 1. The third kappa shape index (κ3) is 0.618. The first-order valence-electron chi connectivity index (χ1n) is 3.22. The number of nitrogens with two attached hydrogens (primary N) is 1. The minimum atomic E-state index is 0.663. The number of nitrogens with zero attached hydrogens (tertiary/aromatic N) is 3. The predicted molar refractivity (Wildman–Crippen MR) is 39.4 cm³/mol. The zero-order chi connectivity index (χ0) is 6.97. The molecule has 0 spiro atoms. The van der Waals surface area contributed by atoms with Crippen molar-refractivity contribution in [1.82, 2.24) is 9.78 Å². The first-order chi connectivity index (χ1) is 4.88. The molecule has 2 heterocycles. The molecule has 0 fully saturated rings. The molecule has 2 N–H and O–H groups in total. The highest BCUT2D eigenvalue weighted by molar-refractivity contribution is 5.69. The lowest BCUT2D eigenvalue weighted by molar-refractivity contribution is 0.630. The molecular weight excluding hydrogens is 128 g/mol. The van der Waals surface area contributed by atoms with Crippen LogP contribution >= 0.6 is 0 Å². The number of hydrogen-bond donors (Lipinski definition) is 1. The molecule has 0 bridgehead atoms. The van der Waals surface area contributed by atoms with Crippen LogP contribution in [0.1, 0.15) is 6.42 Å². The molecule has 52 valence electrons. The molecular formula is C6H8N4. The van der Waals surface area contributed by atoms with Crippen molar-refractivity contribution < 1.29 is 0 Å². The lowest BCUT2D eigenvalue weighted by Crippen LogP contribution is -2.04. The van der Waals surface area contributed by atoms with Crippen LogP contribution in [0.5, 0.6) is 0 Å². The number of aromatic nitrogens is 2. The van der Waals surface area contributed by atoms with Gasteiger partial charge in [0, 0.05) is 19.2 Å². The number of anilines is 1. The second-order valence-electron chi connectivity index (χ2n) is 2.25. The molecule has 1 aromatic rings. The van der Waals surface area contributed by atoms with E-state index >= 15 is 0 Å². The van der Waals surface area contributed by atoms with Gasteiger partial charge in [0.2, 0.25) is 0 Å². The molecule has 2 rings (SSSR count). The van der Waals surface area contributed by atoms with E-state index in [2.05, 4.69) is 10.1 Å². The van der Waals surface area contributed by atoms with Gasteiger partial charge >= 0.3 is 0 Å². The van der Waals surface area contributed by atoms with E-state index in [1.807, 2.05) is 10.9 Å². The number of fused-ring (bicyclic) bond motifs is 1. The highest BCUT2D eigenvalue weighted by Gasteiger charge is 2.07. The van der Waals surface area contributed by atoms with Crippen molar-refractivity contribution in [2.75, 3.05) is 5.73 Å². The average molecular weight is 136 g/mol. The Hall–Kier alpha value is -1.32. The summed E-state index contributed by atoms with van der Waals surface area (Å²) in [5, 5.41) is 4.03. The first-order valence-corrected chi connectivity index (χ1v) is 3.22. The van der Waals surface area contributed by atoms with Gasteiger partial charge < -0.3 is 5.73 Å². The zero-order valence-electron chi connectivity index (χ0n) is 5.49. The summed E-state index contributed by atoms with van der Waals surface area (Å²) in [5.41, 5.74) is 6.23. The highest BCUT2D eigenvalue weighted by atomic mass is 15.3. The normalized spacial score (nSPS) is 15.2. The summed E-state index contributed by atoms with van der Waals surface area (Å²) in [6, 6.07) is 0. The predicted octanol–water partition coefficient (Wildman–Crippen LogP) is 0.571. The molecule has 10 heavy (non-hydrogen) atoms. The van der Waals surface area contributed by atoms with E-state index in [-0.39, 0.29) is 0 Å². The third-order valence-corrected chi connectivity index (χ3v) is 1.52. The first kappa shape index (κ1) is 5.46. The number of aryl methyl sites for hydroxylation is 1. The largest absolute Gasteiger partial charge is 0.394 e. The average Bonchev–Trinajstić information content (AvgIpc) is 2.34. The number of hydrogen-bond acceptors (Lipinski definition) is 3. The topological polar surface area (TPSA) is 56.2 Å². The minimum Gasteiger partial charge on any atom is -0.394 e. The molecule has 1 aromatic heterocycles. The van der Waals surface area contributed by atoms with Crippen molar-refractivity contribution in [2.24, 2.45) is 4.99 Å².